The monoisotopic (exact) mass is 355 g/mol. The summed E-state index contributed by atoms with van der Waals surface area (Å²) in [6.45, 7) is 0. The molecule has 0 fully saturated rings. The molecule has 1 atom stereocenters. The van der Waals surface area contributed by atoms with Crippen molar-refractivity contribution in [3.05, 3.63) is 46.1 Å². The van der Waals surface area contributed by atoms with Gasteiger partial charge in [-0.3, -0.25) is 8.61 Å². The minimum absolute atomic E-state index is 0.370. The minimum atomic E-state index is -1.19. The van der Waals surface area contributed by atoms with E-state index < -0.39 is 10.8 Å². The fourth-order valence-corrected chi connectivity index (χ4v) is 4.15. The third kappa shape index (κ3) is 2.58. The van der Waals surface area contributed by atoms with Crippen LogP contribution in [0.5, 0.6) is 0 Å². The van der Waals surface area contributed by atoms with E-state index in [2.05, 4.69) is 20.9 Å². The highest BCUT2D eigenvalue weighted by Gasteiger charge is 2.12. The zero-order chi connectivity index (χ0) is 13.4. The third-order valence-electron chi connectivity index (χ3n) is 2.64. The van der Waals surface area contributed by atoms with Gasteiger partial charge in [-0.1, -0.05) is 15.9 Å². The number of hydrogen-bond donors (Lipinski definition) is 1. The van der Waals surface area contributed by atoms with Crippen molar-refractivity contribution in [1.29, 1.82) is 0 Å². The number of aromatic nitrogens is 2. The second-order valence-corrected chi connectivity index (χ2v) is 7.21. The number of rotatable bonds is 3. The molecule has 7 heteroatoms. The van der Waals surface area contributed by atoms with Crippen LogP contribution in [0.2, 0.25) is 0 Å². The van der Waals surface area contributed by atoms with Crippen molar-refractivity contribution in [1.82, 2.24) is 9.38 Å². The van der Waals surface area contributed by atoms with Gasteiger partial charge in [0, 0.05) is 27.9 Å². The highest BCUT2D eigenvalue weighted by molar-refractivity contribution is 9.10. The van der Waals surface area contributed by atoms with E-state index in [1.807, 2.05) is 28.2 Å². The van der Waals surface area contributed by atoms with Crippen molar-refractivity contribution in [3.8, 4) is 0 Å². The van der Waals surface area contributed by atoms with E-state index in [9.17, 15) is 4.21 Å². The van der Waals surface area contributed by atoms with Gasteiger partial charge in [-0.15, -0.1) is 11.3 Å². The van der Waals surface area contributed by atoms with Crippen molar-refractivity contribution >= 4 is 48.7 Å². The molecule has 0 spiro atoms. The molecule has 98 valence electrons. The zero-order valence-electron chi connectivity index (χ0n) is 9.75. The van der Waals surface area contributed by atoms with Gasteiger partial charge < -0.3 is 5.73 Å². The topological polar surface area (TPSA) is 60.4 Å². The number of halogens is 1. The molecule has 0 aliphatic rings. The van der Waals surface area contributed by atoms with E-state index in [0.29, 0.717) is 16.3 Å². The SMILES string of the molecule is Nc1ccc(Br)cc1S(=O)Cc1cn2ccsc2n1. The molecule has 2 N–H and O–H groups in total. The number of imidazole rings is 1. The highest BCUT2D eigenvalue weighted by atomic mass is 79.9. The van der Waals surface area contributed by atoms with E-state index in [1.54, 1.807) is 23.5 Å². The molecule has 0 aliphatic heterocycles. The molecule has 0 aliphatic carbocycles. The van der Waals surface area contributed by atoms with Crippen LogP contribution in [0.1, 0.15) is 5.69 Å². The lowest BCUT2D eigenvalue weighted by Crippen LogP contribution is -2.01. The molecule has 2 heterocycles. The Bertz CT molecular complexity index is 737. The molecule has 0 radical (unpaired) electrons. The third-order valence-corrected chi connectivity index (χ3v) is 5.31. The Kier molecular flexibility index (Phi) is 3.42. The molecule has 1 unspecified atom stereocenters. The fourth-order valence-electron chi connectivity index (χ4n) is 1.76. The molecule has 0 amide bonds. The van der Waals surface area contributed by atoms with Crippen LogP contribution in [0.25, 0.3) is 4.96 Å². The average Bonchev–Trinajstić information content (AvgIpc) is 2.92. The molecule has 3 rings (SSSR count). The molecular weight excluding hydrogens is 346 g/mol. The lowest BCUT2D eigenvalue weighted by molar-refractivity contribution is 0.682. The van der Waals surface area contributed by atoms with Crippen molar-refractivity contribution in [2.45, 2.75) is 10.6 Å². The van der Waals surface area contributed by atoms with Gasteiger partial charge in [-0.25, -0.2) is 4.98 Å². The van der Waals surface area contributed by atoms with Crippen molar-refractivity contribution in [3.63, 3.8) is 0 Å². The summed E-state index contributed by atoms with van der Waals surface area (Å²) in [6.07, 6.45) is 3.84. The summed E-state index contributed by atoms with van der Waals surface area (Å²) in [5.41, 5.74) is 7.22. The molecule has 3 aromatic rings. The largest absolute Gasteiger partial charge is 0.398 e. The summed E-state index contributed by atoms with van der Waals surface area (Å²) in [6, 6.07) is 5.38. The van der Waals surface area contributed by atoms with E-state index in [0.717, 1.165) is 15.1 Å². The Morgan fingerprint density at radius 1 is 1.47 bits per heavy atom. The standard InChI is InChI=1S/C12H10BrN3OS2/c13-8-1-2-10(14)11(5-8)19(17)7-9-6-16-3-4-18-12(16)15-9/h1-6H,7,14H2. The van der Waals surface area contributed by atoms with E-state index >= 15 is 0 Å². The van der Waals surface area contributed by atoms with E-state index in [4.69, 9.17) is 5.73 Å². The van der Waals surface area contributed by atoms with Crippen molar-refractivity contribution in [2.24, 2.45) is 0 Å². The maximum Gasteiger partial charge on any atom is 0.193 e. The predicted octanol–water partition coefficient (Wildman–Crippen LogP) is 3.05. The zero-order valence-corrected chi connectivity index (χ0v) is 13.0. The number of fused-ring (bicyclic) bond motifs is 1. The Morgan fingerprint density at radius 3 is 3.11 bits per heavy atom. The van der Waals surface area contributed by atoms with Crippen LogP contribution in [0.3, 0.4) is 0 Å². The smallest absolute Gasteiger partial charge is 0.193 e. The Hall–Kier alpha value is -1.18. The molecule has 4 nitrogen and oxygen atoms in total. The molecule has 0 saturated carbocycles. The van der Waals surface area contributed by atoms with Gasteiger partial charge in [0.2, 0.25) is 0 Å². The number of benzene rings is 1. The molecule has 0 bridgehead atoms. The van der Waals surface area contributed by atoms with Gasteiger partial charge in [0.25, 0.3) is 0 Å². The molecule has 2 aromatic heterocycles. The first-order valence-corrected chi connectivity index (χ1v) is 8.47. The van der Waals surface area contributed by atoms with Crippen LogP contribution in [0.15, 0.2) is 45.3 Å². The number of nitrogen functional groups attached to an aromatic ring is 1. The number of nitrogens with two attached hydrogens (primary N) is 1. The predicted molar refractivity (Wildman–Crippen MR) is 81.7 cm³/mol. The van der Waals surface area contributed by atoms with Crippen LogP contribution in [-0.4, -0.2) is 13.6 Å². The summed E-state index contributed by atoms with van der Waals surface area (Å²) in [5, 5.41) is 1.97. The van der Waals surface area contributed by atoms with Crippen LogP contribution in [0, 0.1) is 0 Å². The van der Waals surface area contributed by atoms with Gasteiger partial charge in [-0.2, -0.15) is 0 Å². The first kappa shape index (κ1) is 12.8. The molecule has 19 heavy (non-hydrogen) atoms. The minimum Gasteiger partial charge on any atom is -0.398 e. The molecular formula is C12H10BrN3OS2. The van der Waals surface area contributed by atoms with Crippen LogP contribution in [-0.2, 0) is 16.6 Å². The van der Waals surface area contributed by atoms with E-state index in [-0.39, 0.29) is 0 Å². The number of nitrogens with zero attached hydrogens (tertiary/aromatic N) is 2. The fraction of sp³-hybridized carbons (Fsp3) is 0.0833. The van der Waals surface area contributed by atoms with Crippen LogP contribution in [0.4, 0.5) is 5.69 Å². The maximum absolute atomic E-state index is 12.4. The Labute approximate surface area is 124 Å². The van der Waals surface area contributed by atoms with Crippen molar-refractivity contribution in [2.75, 3.05) is 5.73 Å². The molecule has 1 aromatic carbocycles. The van der Waals surface area contributed by atoms with Crippen LogP contribution < -0.4 is 5.73 Å². The normalized spacial score (nSPS) is 12.9. The van der Waals surface area contributed by atoms with Crippen molar-refractivity contribution < 1.29 is 4.21 Å². The van der Waals surface area contributed by atoms with E-state index in [1.165, 1.54) is 0 Å². The second kappa shape index (κ2) is 5.07. The quantitative estimate of drug-likeness (QED) is 0.734. The number of anilines is 1. The van der Waals surface area contributed by atoms with Gasteiger partial charge >= 0.3 is 0 Å². The average molecular weight is 356 g/mol. The highest BCUT2D eigenvalue weighted by Crippen LogP contribution is 2.23. The van der Waals surface area contributed by atoms with Gasteiger partial charge in [0.05, 0.1) is 27.1 Å². The van der Waals surface area contributed by atoms with Gasteiger partial charge in [-0.05, 0) is 18.2 Å². The first-order chi connectivity index (χ1) is 9.13. The number of hydrogen-bond acceptors (Lipinski definition) is 4. The number of thiazole rings is 1. The van der Waals surface area contributed by atoms with Gasteiger partial charge in [0.1, 0.15) is 0 Å². The first-order valence-electron chi connectivity index (χ1n) is 5.48. The summed E-state index contributed by atoms with van der Waals surface area (Å²) in [4.78, 5) is 5.98. The summed E-state index contributed by atoms with van der Waals surface area (Å²) in [5.74, 6) is 0.370. The summed E-state index contributed by atoms with van der Waals surface area (Å²) < 4.78 is 15.2. The lowest BCUT2D eigenvalue weighted by atomic mass is 10.3. The summed E-state index contributed by atoms with van der Waals surface area (Å²) in [7, 11) is -1.19. The summed E-state index contributed by atoms with van der Waals surface area (Å²) >= 11 is 4.92. The second-order valence-electron chi connectivity index (χ2n) is 4.00. The van der Waals surface area contributed by atoms with Gasteiger partial charge in [0.15, 0.2) is 4.96 Å². The lowest BCUT2D eigenvalue weighted by Gasteiger charge is -2.05. The van der Waals surface area contributed by atoms with Crippen LogP contribution >= 0.6 is 27.3 Å². The molecule has 0 saturated heterocycles. The maximum atomic E-state index is 12.4. The Balaban J connectivity index is 1.88. The Morgan fingerprint density at radius 2 is 2.32 bits per heavy atom.